The van der Waals surface area contributed by atoms with E-state index < -0.39 is 0 Å². The average Bonchev–Trinajstić information content (AvgIpc) is 2.65. The van der Waals surface area contributed by atoms with Crippen molar-refractivity contribution in [3.8, 4) is 0 Å². The fraction of sp³-hybridized carbons (Fsp3) is 0.182. The standard InChI is InChI=1S/C11H10N2S/c1-6-5-8-9(12-6)3-4-10-11(8)13-7(2)14-10/h3-5,12H,1-2H3. The van der Waals surface area contributed by atoms with Crippen LogP contribution in [0.5, 0.6) is 0 Å². The first-order valence-electron chi connectivity index (χ1n) is 4.59. The van der Waals surface area contributed by atoms with Gasteiger partial charge in [-0.2, -0.15) is 0 Å². The molecule has 0 spiro atoms. The van der Waals surface area contributed by atoms with Gasteiger partial charge in [-0.15, -0.1) is 11.3 Å². The van der Waals surface area contributed by atoms with Gasteiger partial charge < -0.3 is 4.98 Å². The molecule has 2 nitrogen and oxygen atoms in total. The molecule has 3 rings (SSSR count). The maximum absolute atomic E-state index is 4.55. The Kier molecular flexibility index (Phi) is 1.47. The van der Waals surface area contributed by atoms with Crippen LogP contribution in [-0.4, -0.2) is 9.97 Å². The quantitative estimate of drug-likeness (QED) is 0.594. The van der Waals surface area contributed by atoms with Crippen molar-refractivity contribution >= 4 is 32.5 Å². The van der Waals surface area contributed by atoms with Crippen LogP contribution >= 0.6 is 11.3 Å². The van der Waals surface area contributed by atoms with Gasteiger partial charge in [0.25, 0.3) is 0 Å². The zero-order chi connectivity index (χ0) is 9.71. The summed E-state index contributed by atoms with van der Waals surface area (Å²) in [6.07, 6.45) is 0. The summed E-state index contributed by atoms with van der Waals surface area (Å²) in [6.45, 7) is 4.13. The van der Waals surface area contributed by atoms with Gasteiger partial charge in [-0.1, -0.05) is 0 Å². The Morgan fingerprint density at radius 1 is 1.29 bits per heavy atom. The van der Waals surface area contributed by atoms with Crippen LogP contribution in [0.3, 0.4) is 0 Å². The molecule has 0 saturated heterocycles. The van der Waals surface area contributed by atoms with E-state index in [0.29, 0.717) is 0 Å². The summed E-state index contributed by atoms with van der Waals surface area (Å²) >= 11 is 1.75. The lowest BCUT2D eigenvalue weighted by molar-refractivity contribution is 1.30. The highest BCUT2D eigenvalue weighted by atomic mass is 32.1. The van der Waals surface area contributed by atoms with Gasteiger partial charge in [0.1, 0.15) is 0 Å². The molecular formula is C11H10N2S. The molecule has 0 aliphatic rings. The second-order valence-corrected chi connectivity index (χ2v) is 4.79. The molecule has 0 unspecified atom stereocenters. The SMILES string of the molecule is Cc1cc2c(ccc3sc(C)nc32)[nH]1. The highest BCUT2D eigenvalue weighted by molar-refractivity contribution is 7.18. The summed E-state index contributed by atoms with van der Waals surface area (Å²) in [7, 11) is 0. The topological polar surface area (TPSA) is 28.7 Å². The van der Waals surface area contributed by atoms with Gasteiger partial charge in [-0.25, -0.2) is 4.98 Å². The van der Waals surface area contributed by atoms with E-state index in [4.69, 9.17) is 0 Å². The van der Waals surface area contributed by atoms with Crippen LogP contribution < -0.4 is 0 Å². The predicted molar refractivity (Wildman–Crippen MR) is 61.0 cm³/mol. The summed E-state index contributed by atoms with van der Waals surface area (Å²) < 4.78 is 1.27. The molecule has 3 heteroatoms. The molecule has 2 heterocycles. The van der Waals surface area contributed by atoms with Crippen molar-refractivity contribution in [1.29, 1.82) is 0 Å². The summed E-state index contributed by atoms with van der Waals surface area (Å²) in [5, 5.41) is 2.37. The molecule has 70 valence electrons. The van der Waals surface area contributed by atoms with Crippen LogP contribution in [0, 0.1) is 13.8 Å². The van der Waals surface area contributed by atoms with E-state index in [1.54, 1.807) is 11.3 Å². The van der Waals surface area contributed by atoms with Crippen LogP contribution in [0.15, 0.2) is 18.2 Å². The number of H-pyrrole nitrogens is 1. The van der Waals surface area contributed by atoms with E-state index in [-0.39, 0.29) is 0 Å². The molecular weight excluding hydrogens is 192 g/mol. The molecule has 1 aromatic carbocycles. The van der Waals surface area contributed by atoms with Crippen molar-refractivity contribution < 1.29 is 0 Å². The lowest BCUT2D eigenvalue weighted by atomic mass is 10.2. The van der Waals surface area contributed by atoms with Crippen molar-refractivity contribution in [2.45, 2.75) is 13.8 Å². The predicted octanol–water partition coefficient (Wildman–Crippen LogP) is 3.39. The molecule has 1 N–H and O–H groups in total. The Morgan fingerprint density at radius 3 is 3.00 bits per heavy atom. The third-order valence-corrected chi connectivity index (χ3v) is 3.34. The van der Waals surface area contributed by atoms with Crippen LogP contribution in [0.1, 0.15) is 10.7 Å². The lowest BCUT2D eigenvalue weighted by Gasteiger charge is -1.89. The Morgan fingerprint density at radius 2 is 2.14 bits per heavy atom. The normalized spacial score (nSPS) is 11.6. The fourth-order valence-electron chi connectivity index (χ4n) is 1.85. The van der Waals surface area contributed by atoms with E-state index in [1.807, 2.05) is 0 Å². The Labute approximate surface area is 85.6 Å². The molecule has 0 radical (unpaired) electrons. The van der Waals surface area contributed by atoms with Gasteiger partial charge in [0.15, 0.2) is 0 Å². The minimum Gasteiger partial charge on any atom is -0.359 e. The van der Waals surface area contributed by atoms with E-state index in [1.165, 1.54) is 21.3 Å². The second-order valence-electron chi connectivity index (χ2n) is 3.56. The highest BCUT2D eigenvalue weighted by Gasteiger charge is 2.06. The number of rotatable bonds is 0. The molecule has 3 aromatic rings. The van der Waals surface area contributed by atoms with E-state index in [0.717, 1.165) is 10.5 Å². The van der Waals surface area contributed by atoms with Crippen molar-refractivity contribution in [1.82, 2.24) is 9.97 Å². The first kappa shape index (κ1) is 8.00. The minimum absolute atomic E-state index is 1.13. The molecule has 0 saturated carbocycles. The van der Waals surface area contributed by atoms with Crippen molar-refractivity contribution in [2.24, 2.45) is 0 Å². The monoisotopic (exact) mass is 202 g/mol. The van der Waals surface area contributed by atoms with Gasteiger partial charge in [0, 0.05) is 16.6 Å². The summed E-state index contributed by atoms with van der Waals surface area (Å²) in [6, 6.07) is 6.43. The molecule has 14 heavy (non-hydrogen) atoms. The summed E-state index contributed by atoms with van der Waals surface area (Å²) in [5.74, 6) is 0. The lowest BCUT2D eigenvalue weighted by Crippen LogP contribution is -1.71. The first-order valence-corrected chi connectivity index (χ1v) is 5.41. The number of nitrogens with zero attached hydrogens (tertiary/aromatic N) is 1. The number of hydrogen-bond donors (Lipinski definition) is 1. The maximum atomic E-state index is 4.55. The zero-order valence-corrected chi connectivity index (χ0v) is 8.90. The molecule has 0 amide bonds. The number of fused-ring (bicyclic) bond motifs is 3. The number of thiazole rings is 1. The van der Waals surface area contributed by atoms with Gasteiger partial charge in [0.2, 0.25) is 0 Å². The van der Waals surface area contributed by atoms with Crippen molar-refractivity contribution in [3.05, 3.63) is 28.9 Å². The minimum atomic E-state index is 1.13. The molecule has 2 aromatic heterocycles. The van der Waals surface area contributed by atoms with Gasteiger partial charge in [-0.3, -0.25) is 0 Å². The first-order chi connectivity index (χ1) is 6.74. The molecule has 0 aliphatic heterocycles. The van der Waals surface area contributed by atoms with E-state index >= 15 is 0 Å². The van der Waals surface area contributed by atoms with Crippen LogP contribution in [-0.2, 0) is 0 Å². The van der Waals surface area contributed by atoms with Crippen LogP contribution in [0.2, 0.25) is 0 Å². The number of aromatic nitrogens is 2. The number of aryl methyl sites for hydroxylation is 2. The summed E-state index contributed by atoms with van der Waals surface area (Å²) in [5.41, 5.74) is 3.51. The number of aromatic amines is 1. The largest absolute Gasteiger partial charge is 0.359 e. The third-order valence-electron chi connectivity index (χ3n) is 2.40. The Hall–Kier alpha value is -1.35. The molecule has 0 fully saturated rings. The smallest absolute Gasteiger partial charge is 0.0909 e. The number of hydrogen-bond acceptors (Lipinski definition) is 2. The van der Waals surface area contributed by atoms with Crippen molar-refractivity contribution in [2.75, 3.05) is 0 Å². The van der Waals surface area contributed by atoms with Gasteiger partial charge in [-0.05, 0) is 32.0 Å². The van der Waals surface area contributed by atoms with Crippen molar-refractivity contribution in [3.63, 3.8) is 0 Å². The highest BCUT2D eigenvalue weighted by Crippen LogP contribution is 2.29. The Balaban J connectivity index is 2.58. The molecule has 0 aliphatic carbocycles. The van der Waals surface area contributed by atoms with Crippen LogP contribution in [0.4, 0.5) is 0 Å². The second kappa shape index (κ2) is 2.58. The number of nitrogens with one attached hydrogen (secondary N) is 1. The van der Waals surface area contributed by atoms with E-state index in [2.05, 4.69) is 42.0 Å². The van der Waals surface area contributed by atoms with Gasteiger partial charge in [0.05, 0.1) is 15.2 Å². The zero-order valence-electron chi connectivity index (χ0n) is 8.09. The number of benzene rings is 1. The average molecular weight is 202 g/mol. The van der Waals surface area contributed by atoms with Gasteiger partial charge >= 0.3 is 0 Å². The third kappa shape index (κ3) is 0.990. The maximum Gasteiger partial charge on any atom is 0.0909 e. The summed E-state index contributed by atoms with van der Waals surface area (Å²) in [4.78, 5) is 7.88. The molecule has 0 atom stereocenters. The Bertz CT molecular complexity index is 563. The molecule has 0 bridgehead atoms. The van der Waals surface area contributed by atoms with Crippen LogP contribution in [0.25, 0.3) is 21.1 Å². The van der Waals surface area contributed by atoms with E-state index in [9.17, 15) is 0 Å². The fourth-order valence-corrected chi connectivity index (χ4v) is 2.69.